The minimum atomic E-state index is -3.13. The highest BCUT2D eigenvalue weighted by Crippen LogP contribution is 2.36. The van der Waals surface area contributed by atoms with Crippen LogP contribution in [0.1, 0.15) is 12.5 Å². The quantitative estimate of drug-likeness (QED) is 0.732. The average Bonchev–Trinajstić information content (AvgIpc) is 3.17. The molecule has 1 amide bonds. The van der Waals surface area contributed by atoms with Crippen molar-refractivity contribution < 1.29 is 13.2 Å². The van der Waals surface area contributed by atoms with E-state index in [1.54, 1.807) is 12.1 Å². The van der Waals surface area contributed by atoms with Crippen LogP contribution >= 0.6 is 23.4 Å². The molecule has 4 rings (SSSR count). The molecule has 1 N–H and O–H groups in total. The fourth-order valence-corrected chi connectivity index (χ4v) is 6.78. The van der Waals surface area contributed by atoms with Crippen LogP contribution in [0.3, 0.4) is 0 Å². The number of para-hydroxylation sites is 1. The normalized spacial score (nSPS) is 21.9. The summed E-state index contributed by atoms with van der Waals surface area (Å²) in [5.41, 5.74) is 2.68. The van der Waals surface area contributed by atoms with Crippen LogP contribution in [0.15, 0.2) is 53.5 Å². The molecule has 2 aromatic carbocycles. The first-order chi connectivity index (χ1) is 14.4. The predicted octanol–water partition coefficient (Wildman–Crippen LogP) is 3.62. The molecule has 0 aromatic heterocycles. The Hall–Kier alpha value is -2.03. The monoisotopic (exact) mass is 463 g/mol. The van der Waals surface area contributed by atoms with Crippen molar-refractivity contribution in [2.45, 2.75) is 25.4 Å². The van der Waals surface area contributed by atoms with E-state index in [1.165, 1.54) is 11.8 Å². The van der Waals surface area contributed by atoms with Gasteiger partial charge in [0.1, 0.15) is 0 Å². The number of nitrogens with zero attached hydrogens (tertiary/aromatic N) is 2. The molecule has 1 saturated heterocycles. The van der Waals surface area contributed by atoms with Gasteiger partial charge in [0, 0.05) is 16.4 Å². The minimum absolute atomic E-state index is 0.0366. The highest BCUT2D eigenvalue weighted by Gasteiger charge is 2.47. The number of sulfone groups is 1. The summed E-state index contributed by atoms with van der Waals surface area (Å²) in [6.45, 7) is 2.04. The van der Waals surface area contributed by atoms with Crippen LogP contribution in [-0.4, -0.2) is 48.8 Å². The summed E-state index contributed by atoms with van der Waals surface area (Å²) in [5.74, 6) is 0.141. The number of anilines is 2. The Morgan fingerprint density at radius 2 is 2.03 bits per heavy atom. The summed E-state index contributed by atoms with van der Waals surface area (Å²) in [6.07, 6.45) is 0.830. The van der Waals surface area contributed by atoms with Crippen LogP contribution in [0.4, 0.5) is 11.4 Å². The lowest BCUT2D eigenvalue weighted by atomic mass is 10.1. The Morgan fingerprint density at radius 1 is 1.23 bits per heavy atom. The Bertz CT molecular complexity index is 1100. The van der Waals surface area contributed by atoms with E-state index in [1.807, 2.05) is 48.2 Å². The third-order valence-electron chi connectivity index (χ3n) is 5.20. The van der Waals surface area contributed by atoms with Crippen LogP contribution in [0.25, 0.3) is 0 Å². The van der Waals surface area contributed by atoms with Gasteiger partial charge in [0.05, 0.1) is 29.3 Å². The first-order valence-corrected chi connectivity index (χ1v) is 12.9. The van der Waals surface area contributed by atoms with Crippen molar-refractivity contribution in [2.24, 2.45) is 4.99 Å². The Labute approximate surface area is 185 Å². The summed E-state index contributed by atoms with van der Waals surface area (Å²) >= 11 is 7.48. The number of rotatable bonds is 5. The molecule has 0 radical (unpaired) electrons. The predicted molar refractivity (Wildman–Crippen MR) is 125 cm³/mol. The van der Waals surface area contributed by atoms with Gasteiger partial charge in [-0.15, -0.1) is 0 Å². The number of carbonyl (C=O) groups excluding carboxylic acids is 1. The molecule has 0 unspecified atom stereocenters. The van der Waals surface area contributed by atoms with E-state index >= 15 is 0 Å². The number of carbonyl (C=O) groups is 1. The fraction of sp³-hybridized carbons (Fsp3) is 0.333. The average molecular weight is 464 g/mol. The number of amides is 1. The molecule has 158 valence electrons. The standard InChI is InChI=1S/C21H22ClN3O3S2/c1-2-14-6-3-4-9-17(14)23-20(26)11-29-21-24-18-12-30(27,28)13-19(18)25(21)16-8-5-7-15(22)10-16/h3-10,18-19H,2,11-13H2,1H3,(H,23,26)/t18-,19+/m1/s1. The van der Waals surface area contributed by atoms with Crippen molar-refractivity contribution in [2.75, 3.05) is 27.5 Å². The number of benzene rings is 2. The van der Waals surface area contributed by atoms with Gasteiger partial charge in [0.2, 0.25) is 5.91 Å². The van der Waals surface area contributed by atoms with E-state index in [0.29, 0.717) is 10.2 Å². The molecule has 2 aliphatic rings. The topological polar surface area (TPSA) is 78.8 Å². The van der Waals surface area contributed by atoms with Gasteiger partial charge in [-0.3, -0.25) is 9.79 Å². The molecule has 0 saturated carbocycles. The number of amidine groups is 1. The van der Waals surface area contributed by atoms with Crippen LogP contribution in [-0.2, 0) is 21.1 Å². The van der Waals surface area contributed by atoms with Crippen molar-refractivity contribution in [3.05, 3.63) is 59.1 Å². The first kappa shape index (κ1) is 21.2. The van der Waals surface area contributed by atoms with Gasteiger partial charge in [0.15, 0.2) is 15.0 Å². The number of halogens is 1. The van der Waals surface area contributed by atoms with Crippen molar-refractivity contribution >= 4 is 55.6 Å². The van der Waals surface area contributed by atoms with E-state index in [0.717, 1.165) is 23.4 Å². The zero-order chi connectivity index (χ0) is 21.3. The van der Waals surface area contributed by atoms with Crippen LogP contribution < -0.4 is 10.2 Å². The third kappa shape index (κ3) is 4.50. The second-order valence-electron chi connectivity index (χ2n) is 7.32. The Balaban J connectivity index is 1.51. The van der Waals surface area contributed by atoms with E-state index in [4.69, 9.17) is 11.6 Å². The fourth-order valence-electron chi connectivity index (χ4n) is 3.83. The van der Waals surface area contributed by atoms with Gasteiger partial charge in [-0.25, -0.2) is 8.42 Å². The number of hydrogen-bond acceptors (Lipinski definition) is 6. The number of fused-ring (bicyclic) bond motifs is 1. The summed E-state index contributed by atoms with van der Waals surface area (Å²) < 4.78 is 24.3. The van der Waals surface area contributed by atoms with E-state index < -0.39 is 9.84 Å². The molecule has 9 heteroatoms. The maximum absolute atomic E-state index is 12.6. The summed E-state index contributed by atoms with van der Waals surface area (Å²) in [6, 6.07) is 14.4. The Morgan fingerprint density at radius 3 is 2.80 bits per heavy atom. The van der Waals surface area contributed by atoms with Gasteiger partial charge in [-0.1, -0.05) is 54.6 Å². The highest BCUT2D eigenvalue weighted by molar-refractivity contribution is 8.14. The van der Waals surface area contributed by atoms with Gasteiger partial charge >= 0.3 is 0 Å². The lowest BCUT2D eigenvalue weighted by Gasteiger charge is -2.26. The third-order valence-corrected chi connectivity index (χ3v) is 8.10. The molecule has 30 heavy (non-hydrogen) atoms. The minimum Gasteiger partial charge on any atom is -0.325 e. The molecule has 6 nitrogen and oxygen atoms in total. The lowest BCUT2D eigenvalue weighted by Crippen LogP contribution is -2.39. The maximum atomic E-state index is 12.6. The summed E-state index contributed by atoms with van der Waals surface area (Å²) in [5, 5.41) is 4.18. The van der Waals surface area contributed by atoms with E-state index in [-0.39, 0.29) is 35.2 Å². The zero-order valence-electron chi connectivity index (χ0n) is 16.4. The summed E-state index contributed by atoms with van der Waals surface area (Å²) in [7, 11) is -3.13. The van der Waals surface area contributed by atoms with Crippen LogP contribution in [0.2, 0.25) is 5.02 Å². The highest BCUT2D eigenvalue weighted by atomic mass is 35.5. The van der Waals surface area contributed by atoms with Gasteiger partial charge < -0.3 is 10.2 Å². The number of aliphatic imine (C=N–C) groups is 1. The number of thioether (sulfide) groups is 1. The van der Waals surface area contributed by atoms with Crippen molar-refractivity contribution in [1.29, 1.82) is 0 Å². The van der Waals surface area contributed by atoms with E-state index in [2.05, 4.69) is 10.3 Å². The maximum Gasteiger partial charge on any atom is 0.234 e. The smallest absolute Gasteiger partial charge is 0.234 e. The molecule has 0 aliphatic carbocycles. The molecular weight excluding hydrogens is 442 g/mol. The second kappa shape index (κ2) is 8.61. The molecule has 1 fully saturated rings. The number of aryl methyl sites for hydroxylation is 1. The SMILES string of the molecule is CCc1ccccc1NC(=O)CSC1=N[C@@H]2CS(=O)(=O)C[C@@H]2N1c1cccc(Cl)c1. The van der Waals surface area contributed by atoms with Crippen molar-refractivity contribution in [3.63, 3.8) is 0 Å². The largest absolute Gasteiger partial charge is 0.325 e. The van der Waals surface area contributed by atoms with Crippen LogP contribution in [0.5, 0.6) is 0 Å². The molecule has 2 atom stereocenters. The number of hydrogen-bond donors (Lipinski definition) is 1. The van der Waals surface area contributed by atoms with Gasteiger partial charge in [-0.05, 0) is 36.2 Å². The molecule has 0 spiro atoms. The molecule has 2 heterocycles. The second-order valence-corrected chi connectivity index (χ2v) is 10.9. The Kier molecular flexibility index (Phi) is 6.09. The molecule has 2 aromatic rings. The molecular formula is C21H22ClN3O3S2. The van der Waals surface area contributed by atoms with Crippen molar-refractivity contribution in [3.8, 4) is 0 Å². The summed E-state index contributed by atoms with van der Waals surface area (Å²) in [4.78, 5) is 19.1. The zero-order valence-corrected chi connectivity index (χ0v) is 18.8. The molecule has 0 bridgehead atoms. The van der Waals surface area contributed by atoms with E-state index in [9.17, 15) is 13.2 Å². The van der Waals surface area contributed by atoms with Gasteiger partial charge in [0.25, 0.3) is 0 Å². The number of nitrogens with one attached hydrogen (secondary N) is 1. The van der Waals surface area contributed by atoms with Crippen LogP contribution in [0, 0.1) is 0 Å². The first-order valence-electron chi connectivity index (χ1n) is 9.70. The van der Waals surface area contributed by atoms with Gasteiger partial charge in [-0.2, -0.15) is 0 Å². The lowest BCUT2D eigenvalue weighted by molar-refractivity contribution is -0.113. The van der Waals surface area contributed by atoms with Crippen molar-refractivity contribution in [1.82, 2.24) is 0 Å². The molecule has 2 aliphatic heterocycles.